The van der Waals surface area contributed by atoms with Gasteiger partial charge in [-0.3, -0.25) is 4.79 Å². The molecule has 5 heteroatoms. The van der Waals surface area contributed by atoms with Crippen LogP contribution < -0.4 is 10.6 Å². The quantitative estimate of drug-likeness (QED) is 0.769. The van der Waals surface area contributed by atoms with Crippen LogP contribution in [0, 0.1) is 17.8 Å². The number of likely N-dealkylation sites (tertiary alicyclic amines) is 1. The first kappa shape index (κ1) is 14.1. The summed E-state index contributed by atoms with van der Waals surface area (Å²) < 4.78 is 0. The van der Waals surface area contributed by atoms with Crippen LogP contribution in [0.1, 0.15) is 19.3 Å². The molecular formula is C13H24ClN3O. The maximum absolute atomic E-state index is 12.1. The van der Waals surface area contributed by atoms with E-state index in [0.717, 1.165) is 38.0 Å². The molecule has 3 aliphatic rings. The molecule has 18 heavy (non-hydrogen) atoms. The Labute approximate surface area is 115 Å². The molecule has 3 heterocycles. The number of hydrogen-bond acceptors (Lipinski definition) is 3. The Morgan fingerprint density at radius 3 is 2.17 bits per heavy atom. The fourth-order valence-electron chi connectivity index (χ4n) is 3.39. The van der Waals surface area contributed by atoms with Gasteiger partial charge in [0.1, 0.15) is 0 Å². The second-order valence-corrected chi connectivity index (χ2v) is 5.77. The van der Waals surface area contributed by atoms with Gasteiger partial charge in [0.15, 0.2) is 0 Å². The van der Waals surface area contributed by atoms with E-state index in [4.69, 9.17) is 0 Å². The highest BCUT2D eigenvalue weighted by molar-refractivity contribution is 5.85. The van der Waals surface area contributed by atoms with Crippen LogP contribution in [0.25, 0.3) is 0 Å². The molecule has 104 valence electrons. The minimum absolute atomic E-state index is 0. The minimum atomic E-state index is 0. The van der Waals surface area contributed by atoms with Gasteiger partial charge in [0.25, 0.3) is 0 Å². The molecule has 3 fully saturated rings. The van der Waals surface area contributed by atoms with Crippen molar-refractivity contribution in [3.63, 3.8) is 0 Å². The van der Waals surface area contributed by atoms with Gasteiger partial charge in [-0.1, -0.05) is 0 Å². The summed E-state index contributed by atoms with van der Waals surface area (Å²) in [5, 5.41) is 6.63. The molecule has 0 bridgehead atoms. The average Bonchev–Trinajstić information content (AvgIpc) is 2.80. The van der Waals surface area contributed by atoms with Crippen molar-refractivity contribution in [1.29, 1.82) is 0 Å². The minimum Gasteiger partial charge on any atom is -0.342 e. The molecule has 0 spiro atoms. The molecule has 0 aliphatic carbocycles. The second kappa shape index (κ2) is 6.22. The summed E-state index contributed by atoms with van der Waals surface area (Å²) in [6.45, 7) is 6.17. The largest absolute Gasteiger partial charge is 0.342 e. The second-order valence-electron chi connectivity index (χ2n) is 5.77. The lowest BCUT2D eigenvalue weighted by Gasteiger charge is -2.38. The van der Waals surface area contributed by atoms with Crippen LogP contribution >= 0.6 is 12.4 Å². The molecule has 3 rings (SSSR count). The van der Waals surface area contributed by atoms with E-state index < -0.39 is 0 Å². The van der Waals surface area contributed by atoms with E-state index in [-0.39, 0.29) is 18.3 Å². The fraction of sp³-hybridized carbons (Fsp3) is 0.923. The Morgan fingerprint density at radius 2 is 1.67 bits per heavy atom. The number of rotatable bonds is 2. The summed E-state index contributed by atoms with van der Waals surface area (Å²) in [4.78, 5) is 14.2. The van der Waals surface area contributed by atoms with Crippen molar-refractivity contribution in [2.24, 2.45) is 17.8 Å². The first-order chi connectivity index (χ1) is 8.34. The highest BCUT2D eigenvalue weighted by atomic mass is 35.5. The van der Waals surface area contributed by atoms with E-state index in [1.807, 2.05) is 0 Å². The number of nitrogens with one attached hydrogen (secondary N) is 2. The van der Waals surface area contributed by atoms with Crippen LogP contribution in [0.2, 0.25) is 0 Å². The Kier molecular flexibility index (Phi) is 4.87. The van der Waals surface area contributed by atoms with Gasteiger partial charge in [-0.2, -0.15) is 0 Å². The molecule has 0 aromatic heterocycles. The first-order valence-corrected chi connectivity index (χ1v) is 7.05. The summed E-state index contributed by atoms with van der Waals surface area (Å²) in [6, 6.07) is 0. The summed E-state index contributed by atoms with van der Waals surface area (Å²) in [5.74, 6) is 2.40. The molecule has 0 radical (unpaired) electrons. The van der Waals surface area contributed by atoms with E-state index >= 15 is 0 Å². The van der Waals surface area contributed by atoms with Crippen molar-refractivity contribution in [3.8, 4) is 0 Å². The predicted octanol–water partition coefficient (Wildman–Crippen LogP) is 0.476. The van der Waals surface area contributed by atoms with E-state index in [0.29, 0.717) is 5.91 Å². The van der Waals surface area contributed by atoms with Crippen LogP contribution in [-0.4, -0.2) is 50.1 Å². The third kappa shape index (κ3) is 2.81. The van der Waals surface area contributed by atoms with Crippen molar-refractivity contribution in [2.45, 2.75) is 19.3 Å². The molecule has 0 aromatic carbocycles. The molecule has 2 N–H and O–H groups in total. The third-order valence-corrected chi connectivity index (χ3v) is 4.75. The van der Waals surface area contributed by atoms with E-state index in [9.17, 15) is 4.79 Å². The first-order valence-electron chi connectivity index (χ1n) is 7.05. The molecule has 4 nitrogen and oxygen atoms in total. The van der Waals surface area contributed by atoms with E-state index in [1.165, 1.54) is 32.4 Å². The Hall–Kier alpha value is -0.320. The smallest absolute Gasteiger partial charge is 0.228 e. The third-order valence-electron chi connectivity index (χ3n) is 4.75. The molecule has 0 aromatic rings. The van der Waals surface area contributed by atoms with Gasteiger partial charge in [-0.25, -0.2) is 0 Å². The Morgan fingerprint density at radius 1 is 0.944 bits per heavy atom. The molecular weight excluding hydrogens is 250 g/mol. The van der Waals surface area contributed by atoms with Crippen LogP contribution in [0.5, 0.6) is 0 Å². The van der Waals surface area contributed by atoms with Gasteiger partial charge >= 0.3 is 0 Å². The number of piperidine rings is 1. The topological polar surface area (TPSA) is 44.4 Å². The van der Waals surface area contributed by atoms with Gasteiger partial charge in [-0.15, -0.1) is 12.4 Å². The Balaban J connectivity index is 0.00000120. The average molecular weight is 274 g/mol. The van der Waals surface area contributed by atoms with Crippen molar-refractivity contribution in [3.05, 3.63) is 0 Å². The van der Waals surface area contributed by atoms with Crippen molar-refractivity contribution >= 4 is 18.3 Å². The monoisotopic (exact) mass is 273 g/mol. The summed E-state index contributed by atoms with van der Waals surface area (Å²) in [6.07, 6.45) is 3.78. The lowest BCUT2D eigenvalue weighted by atomic mass is 9.83. The molecule has 1 unspecified atom stereocenters. The molecule has 1 atom stereocenters. The van der Waals surface area contributed by atoms with Crippen LogP contribution in [-0.2, 0) is 4.79 Å². The van der Waals surface area contributed by atoms with E-state index in [2.05, 4.69) is 15.5 Å². The Bertz CT molecular complexity index is 282. The van der Waals surface area contributed by atoms with Crippen LogP contribution in [0.15, 0.2) is 0 Å². The zero-order valence-corrected chi connectivity index (χ0v) is 11.7. The normalized spacial score (nSPS) is 29.8. The maximum Gasteiger partial charge on any atom is 0.228 e. The standard InChI is InChI=1S/C13H23N3O.ClH/c17-13(12-8-15-9-12)16-5-2-10(3-6-16)11-1-4-14-7-11;/h10-12,14-15H,1-9H2;1H. The summed E-state index contributed by atoms with van der Waals surface area (Å²) in [7, 11) is 0. The highest BCUT2D eigenvalue weighted by Gasteiger charge is 2.33. The summed E-state index contributed by atoms with van der Waals surface area (Å²) >= 11 is 0. The molecule has 3 aliphatic heterocycles. The van der Waals surface area contributed by atoms with Crippen molar-refractivity contribution in [1.82, 2.24) is 15.5 Å². The number of carbonyl (C=O) groups is 1. The number of nitrogens with zero attached hydrogens (tertiary/aromatic N) is 1. The van der Waals surface area contributed by atoms with Gasteiger partial charge in [0.05, 0.1) is 5.92 Å². The number of amides is 1. The van der Waals surface area contributed by atoms with Gasteiger partial charge < -0.3 is 15.5 Å². The zero-order chi connectivity index (χ0) is 11.7. The lowest BCUT2D eigenvalue weighted by molar-refractivity contribution is -0.138. The number of halogens is 1. The predicted molar refractivity (Wildman–Crippen MR) is 73.9 cm³/mol. The SMILES string of the molecule is Cl.O=C(C1CNC1)N1CCC(C2CCNC2)CC1. The lowest BCUT2D eigenvalue weighted by Crippen LogP contribution is -2.53. The fourth-order valence-corrected chi connectivity index (χ4v) is 3.39. The highest BCUT2D eigenvalue weighted by Crippen LogP contribution is 2.29. The van der Waals surface area contributed by atoms with Crippen molar-refractivity contribution < 1.29 is 4.79 Å². The van der Waals surface area contributed by atoms with Crippen LogP contribution in [0.3, 0.4) is 0 Å². The van der Waals surface area contributed by atoms with Gasteiger partial charge in [0, 0.05) is 26.2 Å². The molecule has 0 saturated carbocycles. The van der Waals surface area contributed by atoms with Gasteiger partial charge in [-0.05, 0) is 44.2 Å². The maximum atomic E-state index is 12.1. The van der Waals surface area contributed by atoms with Crippen molar-refractivity contribution in [2.75, 3.05) is 39.3 Å². The molecule has 1 amide bonds. The van der Waals surface area contributed by atoms with E-state index in [1.54, 1.807) is 0 Å². The number of hydrogen-bond donors (Lipinski definition) is 2. The zero-order valence-electron chi connectivity index (χ0n) is 10.9. The van der Waals surface area contributed by atoms with Gasteiger partial charge in [0.2, 0.25) is 5.91 Å². The molecule has 3 saturated heterocycles. The number of carbonyl (C=O) groups excluding carboxylic acids is 1. The summed E-state index contributed by atoms with van der Waals surface area (Å²) in [5.41, 5.74) is 0. The van der Waals surface area contributed by atoms with Crippen LogP contribution in [0.4, 0.5) is 0 Å².